The molecule has 3 atom stereocenters. The number of anilines is 1. The van der Waals surface area contributed by atoms with E-state index in [0.717, 1.165) is 18.5 Å². The van der Waals surface area contributed by atoms with Crippen LogP contribution in [-0.4, -0.2) is 25.0 Å². The number of carbonyl (C=O) groups excluding carboxylic acids is 1. The van der Waals surface area contributed by atoms with Crippen molar-refractivity contribution in [3.63, 3.8) is 0 Å². The number of amides is 1. The lowest BCUT2D eigenvalue weighted by Crippen LogP contribution is -2.41. The fourth-order valence-electron chi connectivity index (χ4n) is 3.56. The summed E-state index contributed by atoms with van der Waals surface area (Å²) in [6.07, 6.45) is 1.07. The lowest BCUT2D eigenvalue weighted by molar-refractivity contribution is -0.125. The van der Waals surface area contributed by atoms with E-state index in [1.54, 1.807) is 0 Å². The van der Waals surface area contributed by atoms with E-state index in [1.165, 1.54) is 11.3 Å². The third-order valence-corrected chi connectivity index (χ3v) is 5.14. The van der Waals surface area contributed by atoms with Crippen molar-refractivity contribution in [3.8, 4) is 0 Å². The van der Waals surface area contributed by atoms with Gasteiger partial charge < -0.3 is 16.0 Å². The summed E-state index contributed by atoms with van der Waals surface area (Å²) in [5.41, 5.74) is 9.92. The largest absolute Gasteiger partial charge is 0.367 e. The van der Waals surface area contributed by atoms with Crippen LogP contribution in [0.2, 0.25) is 0 Å². The molecule has 1 heterocycles. The maximum atomic E-state index is 12.4. The minimum atomic E-state index is -0.285. The minimum Gasteiger partial charge on any atom is -0.367 e. The molecule has 0 saturated heterocycles. The number of nitrogens with zero attached hydrogens (tertiary/aromatic N) is 1. The van der Waals surface area contributed by atoms with E-state index >= 15 is 0 Å². The molecule has 3 unspecified atom stereocenters. The van der Waals surface area contributed by atoms with Crippen LogP contribution in [0.5, 0.6) is 0 Å². The molecule has 1 amide bonds. The van der Waals surface area contributed by atoms with Gasteiger partial charge in [0.15, 0.2) is 0 Å². The van der Waals surface area contributed by atoms with Crippen molar-refractivity contribution in [1.82, 2.24) is 5.32 Å². The van der Waals surface area contributed by atoms with E-state index in [9.17, 15) is 4.79 Å². The maximum absolute atomic E-state index is 12.4. The van der Waals surface area contributed by atoms with E-state index in [4.69, 9.17) is 5.73 Å². The smallest absolute Gasteiger partial charge is 0.224 e. The molecule has 0 spiro atoms. The molecule has 6 heteroatoms. The van der Waals surface area contributed by atoms with Crippen molar-refractivity contribution in [2.24, 2.45) is 11.7 Å². The summed E-state index contributed by atoms with van der Waals surface area (Å²) in [4.78, 5) is 14.8. The van der Waals surface area contributed by atoms with E-state index < -0.39 is 0 Å². The Morgan fingerprint density at radius 3 is 2.48 bits per heavy atom. The third-order valence-electron chi connectivity index (χ3n) is 5.14. The zero-order valence-electron chi connectivity index (χ0n) is 15.8. The van der Waals surface area contributed by atoms with Crippen LogP contribution in [0, 0.1) is 5.92 Å². The second kappa shape index (κ2) is 10.5. The molecule has 3 rings (SSSR count). The van der Waals surface area contributed by atoms with Gasteiger partial charge in [0.1, 0.15) is 0 Å². The number of nitrogens with two attached hydrogens (primary N) is 1. The fraction of sp³-hybridized carbons (Fsp3) is 0.381. The van der Waals surface area contributed by atoms with Crippen LogP contribution in [-0.2, 0) is 11.2 Å². The number of nitrogens with one attached hydrogen (secondary N) is 1. The van der Waals surface area contributed by atoms with Crippen molar-refractivity contribution < 1.29 is 4.79 Å². The van der Waals surface area contributed by atoms with Gasteiger partial charge in [-0.05, 0) is 30.5 Å². The lowest BCUT2D eigenvalue weighted by Gasteiger charge is -2.26. The molecular formula is C21H29Cl2N3O. The Balaban J connectivity index is 0.00000182. The zero-order chi connectivity index (χ0) is 17.8. The van der Waals surface area contributed by atoms with Crippen LogP contribution in [0.25, 0.3) is 0 Å². The van der Waals surface area contributed by atoms with Gasteiger partial charge in [0.05, 0.1) is 5.92 Å². The van der Waals surface area contributed by atoms with Crippen molar-refractivity contribution in [1.29, 1.82) is 0 Å². The first-order chi connectivity index (χ1) is 12.1. The normalized spacial score (nSPS) is 17.1. The predicted octanol–water partition coefficient (Wildman–Crippen LogP) is 3.73. The number of hydrogen-bond acceptors (Lipinski definition) is 3. The van der Waals surface area contributed by atoms with Gasteiger partial charge in [-0.1, -0.05) is 55.5 Å². The van der Waals surface area contributed by atoms with Gasteiger partial charge >= 0.3 is 0 Å². The summed E-state index contributed by atoms with van der Waals surface area (Å²) in [6, 6.07) is 18.5. The number of para-hydroxylation sites is 1. The van der Waals surface area contributed by atoms with Crippen molar-refractivity contribution >= 4 is 36.4 Å². The molecule has 2 aromatic rings. The van der Waals surface area contributed by atoms with E-state index in [1.807, 2.05) is 37.3 Å². The maximum Gasteiger partial charge on any atom is 0.224 e. The molecule has 3 N–H and O–H groups in total. The Kier molecular flexibility index (Phi) is 9.10. The summed E-state index contributed by atoms with van der Waals surface area (Å²) >= 11 is 0. The number of rotatable bonds is 6. The van der Waals surface area contributed by atoms with Crippen LogP contribution in [0.3, 0.4) is 0 Å². The van der Waals surface area contributed by atoms with E-state index in [2.05, 4.69) is 41.4 Å². The summed E-state index contributed by atoms with van der Waals surface area (Å²) < 4.78 is 0. The third kappa shape index (κ3) is 5.38. The van der Waals surface area contributed by atoms with Crippen LogP contribution < -0.4 is 16.0 Å². The molecule has 0 aliphatic carbocycles. The van der Waals surface area contributed by atoms with E-state index in [0.29, 0.717) is 12.6 Å². The van der Waals surface area contributed by atoms with Crippen LogP contribution in [0.4, 0.5) is 5.69 Å². The molecule has 2 aromatic carbocycles. The van der Waals surface area contributed by atoms with Gasteiger partial charge in [-0.3, -0.25) is 4.79 Å². The standard InChI is InChI=1S/C21H27N3O.2ClH/c1-15-14-18-10-6-7-11-19(18)24(15)13-12-23-21(25)16(2)20(22)17-8-4-3-5-9-17;;/h3-11,15-16,20H,12-14,22H2,1-2H3,(H,23,25);2*1H. The molecule has 0 radical (unpaired) electrons. The molecule has 4 nitrogen and oxygen atoms in total. The molecule has 0 bridgehead atoms. The fourth-order valence-corrected chi connectivity index (χ4v) is 3.56. The molecule has 1 aliphatic rings. The molecular weight excluding hydrogens is 381 g/mol. The number of fused-ring (bicyclic) bond motifs is 1. The van der Waals surface area contributed by atoms with Crippen LogP contribution in [0.1, 0.15) is 31.0 Å². The molecule has 0 saturated carbocycles. The lowest BCUT2D eigenvalue weighted by atomic mass is 9.95. The van der Waals surface area contributed by atoms with Gasteiger partial charge in [-0.15, -0.1) is 24.8 Å². The average molecular weight is 410 g/mol. The monoisotopic (exact) mass is 409 g/mol. The summed E-state index contributed by atoms with van der Waals surface area (Å²) in [5.74, 6) is -0.248. The highest BCUT2D eigenvalue weighted by atomic mass is 35.5. The Labute approximate surface area is 174 Å². The number of carbonyl (C=O) groups is 1. The first-order valence-corrected chi connectivity index (χ1v) is 9.00. The second-order valence-corrected chi connectivity index (χ2v) is 6.89. The SMILES string of the molecule is CC(C(=O)NCCN1c2ccccc2CC1C)C(N)c1ccccc1.Cl.Cl. The highest BCUT2D eigenvalue weighted by Gasteiger charge is 2.26. The topological polar surface area (TPSA) is 58.4 Å². The van der Waals surface area contributed by atoms with Crippen LogP contribution in [0.15, 0.2) is 54.6 Å². The first kappa shape index (κ1) is 23.3. The zero-order valence-corrected chi connectivity index (χ0v) is 17.4. The predicted molar refractivity (Wildman–Crippen MR) is 117 cm³/mol. The summed E-state index contributed by atoms with van der Waals surface area (Å²) in [7, 11) is 0. The Morgan fingerprint density at radius 1 is 1.15 bits per heavy atom. The minimum absolute atomic E-state index is 0. The van der Waals surface area contributed by atoms with Gasteiger partial charge in [0.25, 0.3) is 0 Å². The molecule has 148 valence electrons. The average Bonchev–Trinajstić information content (AvgIpc) is 2.96. The highest BCUT2D eigenvalue weighted by Crippen LogP contribution is 2.31. The van der Waals surface area contributed by atoms with Crippen LogP contribution >= 0.6 is 24.8 Å². The molecule has 0 fully saturated rings. The summed E-state index contributed by atoms with van der Waals surface area (Å²) in [5, 5.41) is 3.05. The second-order valence-electron chi connectivity index (χ2n) is 6.89. The van der Waals surface area contributed by atoms with Gasteiger partial charge in [0, 0.05) is 30.9 Å². The van der Waals surface area contributed by atoms with Crippen molar-refractivity contribution in [3.05, 3.63) is 65.7 Å². The Morgan fingerprint density at radius 2 is 1.78 bits per heavy atom. The molecule has 1 aliphatic heterocycles. The van der Waals surface area contributed by atoms with Crippen molar-refractivity contribution in [2.45, 2.75) is 32.4 Å². The highest BCUT2D eigenvalue weighted by molar-refractivity contribution is 5.85. The van der Waals surface area contributed by atoms with Gasteiger partial charge in [-0.2, -0.15) is 0 Å². The molecule has 0 aromatic heterocycles. The van der Waals surface area contributed by atoms with E-state index in [-0.39, 0.29) is 42.7 Å². The Bertz CT molecular complexity index is 726. The molecule has 27 heavy (non-hydrogen) atoms. The quantitative estimate of drug-likeness (QED) is 0.763. The first-order valence-electron chi connectivity index (χ1n) is 9.00. The van der Waals surface area contributed by atoms with Crippen molar-refractivity contribution in [2.75, 3.05) is 18.0 Å². The Hall–Kier alpha value is -1.75. The summed E-state index contributed by atoms with van der Waals surface area (Å²) in [6.45, 7) is 5.57. The van der Waals surface area contributed by atoms with Gasteiger partial charge in [0.2, 0.25) is 5.91 Å². The number of hydrogen-bond donors (Lipinski definition) is 2. The van der Waals surface area contributed by atoms with Gasteiger partial charge in [-0.25, -0.2) is 0 Å². The number of halogens is 2. The number of benzene rings is 2.